The van der Waals surface area contributed by atoms with Gasteiger partial charge in [-0.3, -0.25) is 0 Å². The molecule has 0 amide bonds. The minimum Gasteiger partial charge on any atom is -0.381 e. The highest BCUT2D eigenvalue weighted by Gasteiger charge is 2.32. The Kier molecular flexibility index (Phi) is 2.79. The van der Waals surface area contributed by atoms with E-state index in [4.69, 9.17) is 0 Å². The minimum absolute atomic E-state index is 0.686. The van der Waals surface area contributed by atoms with Crippen molar-refractivity contribution >= 4 is 0 Å². The van der Waals surface area contributed by atoms with Gasteiger partial charge in [-0.15, -0.1) is 0 Å². The van der Waals surface area contributed by atoms with Crippen LogP contribution in [0, 0.1) is 0 Å². The minimum atomic E-state index is -0.704. The third-order valence-electron chi connectivity index (χ3n) is 4.29. The van der Waals surface area contributed by atoms with Crippen LogP contribution in [0.25, 0.3) is 0 Å². The van der Waals surface area contributed by atoms with Crippen molar-refractivity contribution in [3.8, 4) is 0 Å². The SMILES string of the molecule is OC1(c2ccccc2C2CCC2)C=CCCC1. The van der Waals surface area contributed by atoms with Crippen LogP contribution in [0.4, 0.5) is 0 Å². The van der Waals surface area contributed by atoms with E-state index in [1.807, 2.05) is 6.08 Å². The van der Waals surface area contributed by atoms with Gasteiger partial charge in [0.15, 0.2) is 0 Å². The third-order valence-corrected chi connectivity index (χ3v) is 4.29. The van der Waals surface area contributed by atoms with Gasteiger partial charge in [-0.05, 0) is 49.1 Å². The molecule has 0 aromatic heterocycles. The lowest BCUT2D eigenvalue weighted by Gasteiger charge is -2.35. The summed E-state index contributed by atoms with van der Waals surface area (Å²) in [5.74, 6) is 0.686. The fraction of sp³-hybridized carbons (Fsp3) is 0.500. The molecule has 0 heterocycles. The highest BCUT2D eigenvalue weighted by Crippen LogP contribution is 2.43. The molecule has 1 nitrogen and oxygen atoms in total. The van der Waals surface area contributed by atoms with Crippen LogP contribution in [0.3, 0.4) is 0 Å². The molecule has 1 aromatic rings. The molecule has 1 N–H and O–H groups in total. The smallest absolute Gasteiger partial charge is 0.108 e. The lowest BCUT2D eigenvalue weighted by molar-refractivity contribution is 0.0707. The predicted molar refractivity (Wildman–Crippen MR) is 69.9 cm³/mol. The molecule has 17 heavy (non-hydrogen) atoms. The zero-order valence-corrected chi connectivity index (χ0v) is 10.2. The van der Waals surface area contributed by atoms with Crippen LogP contribution in [0.15, 0.2) is 36.4 Å². The number of rotatable bonds is 2. The molecule has 0 radical (unpaired) electrons. The average molecular weight is 228 g/mol. The van der Waals surface area contributed by atoms with E-state index in [0.717, 1.165) is 24.8 Å². The van der Waals surface area contributed by atoms with Crippen LogP contribution in [-0.2, 0) is 5.60 Å². The summed E-state index contributed by atoms with van der Waals surface area (Å²) in [6, 6.07) is 8.48. The second kappa shape index (κ2) is 4.30. The molecule has 2 aliphatic carbocycles. The lowest BCUT2D eigenvalue weighted by Crippen LogP contribution is -2.28. The van der Waals surface area contributed by atoms with Gasteiger partial charge in [0.1, 0.15) is 5.60 Å². The Balaban J connectivity index is 2.01. The fourth-order valence-electron chi connectivity index (χ4n) is 3.04. The second-order valence-corrected chi connectivity index (χ2v) is 5.43. The normalized spacial score (nSPS) is 29.0. The summed E-state index contributed by atoms with van der Waals surface area (Å²) in [6.07, 6.45) is 11.1. The molecular formula is C16H20O. The van der Waals surface area contributed by atoms with Gasteiger partial charge in [0.2, 0.25) is 0 Å². The molecule has 90 valence electrons. The Morgan fingerprint density at radius 3 is 2.59 bits per heavy atom. The first-order chi connectivity index (χ1) is 8.30. The first kappa shape index (κ1) is 11.0. The first-order valence-electron chi connectivity index (χ1n) is 6.79. The van der Waals surface area contributed by atoms with Crippen molar-refractivity contribution in [2.75, 3.05) is 0 Å². The Morgan fingerprint density at radius 2 is 1.94 bits per heavy atom. The van der Waals surface area contributed by atoms with E-state index < -0.39 is 5.60 Å². The van der Waals surface area contributed by atoms with E-state index in [0.29, 0.717) is 5.92 Å². The summed E-state index contributed by atoms with van der Waals surface area (Å²) < 4.78 is 0. The molecule has 1 unspecified atom stereocenters. The van der Waals surface area contributed by atoms with Crippen molar-refractivity contribution in [1.82, 2.24) is 0 Å². The van der Waals surface area contributed by atoms with Crippen molar-refractivity contribution in [3.05, 3.63) is 47.5 Å². The molecule has 1 aromatic carbocycles. The van der Waals surface area contributed by atoms with E-state index in [2.05, 4.69) is 30.3 Å². The number of benzene rings is 1. The molecule has 1 fully saturated rings. The predicted octanol–water partition coefficient (Wildman–Crippen LogP) is 3.88. The summed E-state index contributed by atoms with van der Waals surface area (Å²) in [4.78, 5) is 0. The molecule has 2 aliphatic rings. The third kappa shape index (κ3) is 1.93. The summed E-state index contributed by atoms with van der Waals surface area (Å²) in [5.41, 5.74) is 1.83. The van der Waals surface area contributed by atoms with Crippen LogP contribution in [0.5, 0.6) is 0 Å². The van der Waals surface area contributed by atoms with Crippen LogP contribution >= 0.6 is 0 Å². The van der Waals surface area contributed by atoms with Crippen LogP contribution in [0.1, 0.15) is 55.6 Å². The molecule has 1 saturated carbocycles. The molecular weight excluding hydrogens is 208 g/mol. The van der Waals surface area contributed by atoms with Crippen molar-refractivity contribution in [2.24, 2.45) is 0 Å². The number of hydrogen-bond acceptors (Lipinski definition) is 1. The molecule has 3 rings (SSSR count). The van der Waals surface area contributed by atoms with E-state index in [-0.39, 0.29) is 0 Å². The van der Waals surface area contributed by atoms with Crippen molar-refractivity contribution in [1.29, 1.82) is 0 Å². The van der Waals surface area contributed by atoms with E-state index in [1.165, 1.54) is 24.8 Å². The Bertz CT molecular complexity index is 431. The summed E-state index contributed by atoms with van der Waals surface area (Å²) >= 11 is 0. The maximum Gasteiger partial charge on any atom is 0.108 e. The number of hydrogen-bond donors (Lipinski definition) is 1. The topological polar surface area (TPSA) is 20.2 Å². The summed E-state index contributed by atoms with van der Waals surface area (Å²) in [5, 5.41) is 10.8. The quantitative estimate of drug-likeness (QED) is 0.762. The number of allylic oxidation sites excluding steroid dienone is 1. The lowest BCUT2D eigenvalue weighted by atomic mass is 9.73. The fourth-order valence-corrected chi connectivity index (χ4v) is 3.04. The largest absolute Gasteiger partial charge is 0.381 e. The van der Waals surface area contributed by atoms with Gasteiger partial charge >= 0.3 is 0 Å². The standard InChI is InChI=1S/C16H20O/c17-16(11-4-1-5-12-16)15-10-3-2-9-14(15)13-7-6-8-13/h2-4,9-11,13,17H,1,5-8,12H2. The maximum atomic E-state index is 10.8. The van der Waals surface area contributed by atoms with Gasteiger partial charge in [-0.2, -0.15) is 0 Å². The van der Waals surface area contributed by atoms with E-state index >= 15 is 0 Å². The molecule has 1 heteroatoms. The molecule has 0 bridgehead atoms. The Labute approximate surface area is 103 Å². The molecule has 1 atom stereocenters. The second-order valence-electron chi connectivity index (χ2n) is 5.43. The zero-order valence-electron chi connectivity index (χ0n) is 10.2. The van der Waals surface area contributed by atoms with Crippen molar-refractivity contribution < 1.29 is 5.11 Å². The van der Waals surface area contributed by atoms with Gasteiger partial charge in [0.05, 0.1) is 0 Å². The van der Waals surface area contributed by atoms with Crippen LogP contribution < -0.4 is 0 Å². The highest BCUT2D eigenvalue weighted by molar-refractivity contribution is 5.39. The molecule has 0 aliphatic heterocycles. The number of aliphatic hydroxyl groups is 1. The van der Waals surface area contributed by atoms with Crippen molar-refractivity contribution in [3.63, 3.8) is 0 Å². The van der Waals surface area contributed by atoms with Gasteiger partial charge in [-0.1, -0.05) is 42.8 Å². The Hall–Kier alpha value is -1.08. The molecule has 0 spiro atoms. The molecule has 0 saturated heterocycles. The maximum absolute atomic E-state index is 10.8. The van der Waals surface area contributed by atoms with Gasteiger partial charge in [0, 0.05) is 0 Å². The zero-order chi connectivity index (χ0) is 11.7. The van der Waals surface area contributed by atoms with Crippen LogP contribution in [0.2, 0.25) is 0 Å². The highest BCUT2D eigenvalue weighted by atomic mass is 16.3. The van der Waals surface area contributed by atoms with Crippen molar-refractivity contribution in [2.45, 2.75) is 50.0 Å². The van der Waals surface area contributed by atoms with Crippen LogP contribution in [-0.4, -0.2) is 5.11 Å². The average Bonchev–Trinajstić information content (AvgIpc) is 2.28. The Morgan fingerprint density at radius 1 is 1.12 bits per heavy atom. The van der Waals surface area contributed by atoms with E-state index in [9.17, 15) is 5.11 Å². The monoisotopic (exact) mass is 228 g/mol. The first-order valence-corrected chi connectivity index (χ1v) is 6.79. The van der Waals surface area contributed by atoms with Gasteiger partial charge in [-0.25, -0.2) is 0 Å². The van der Waals surface area contributed by atoms with Gasteiger partial charge < -0.3 is 5.11 Å². The van der Waals surface area contributed by atoms with Gasteiger partial charge in [0.25, 0.3) is 0 Å². The summed E-state index contributed by atoms with van der Waals surface area (Å²) in [7, 11) is 0. The van der Waals surface area contributed by atoms with E-state index in [1.54, 1.807) is 0 Å². The summed E-state index contributed by atoms with van der Waals surface area (Å²) in [6.45, 7) is 0.